The van der Waals surface area contributed by atoms with Crippen molar-refractivity contribution in [2.75, 3.05) is 6.54 Å². The second kappa shape index (κ2) is 4.44. The summed E-state index contributed by atoms with van der Waals surface area (Å²) in [5.41, 5.74) is 0.641. The quantitative estimate of drug-likeness (QED) is 0.580. The lowest BCUT2D eigenvalue weighted by Gasteiger charge is -2.02. The first-order chi connectivity index (χ1) is 6.11. The van der Waals surface area contributed by atoms with Gasteiger partial charge in [0.1, 0.15) is 0 Å². The molecule has 5 heteroatoms. The first kappa shape index (κ1) is 10.3. The summed E-state index contributed by atoms with van der Waals surface area (Å²) in [6, 6.07) is 5.05. The van der Waals surface area contributed by atoms with Gasteiger partial charge in [-0.15, -0.1) is 0 Å². The lowest BCUT2D eigenvalue weighted by molar-refractivity contribution is -0.479. The van der Waals surface area contributed by atoms with Gasteiger partial charge in [-0.3, -0.25) is 10.1 Å². The van der Waals surface area contributed by atoms with E-state index in [1.54, 1.807) is 18.2 Å². The van der Waals surface area contributed by atoms with Crippen LogP contribution in [0.2, 0.25) is 10.0 Å². The fourth-order valence-electron chi connectivity index (χ4n) is 0.974. The molecule has 0 spiro atoms. The molecule has 13 heavy (non-hydrogen) atoms. The molecule has 0 aliphatic heterocycles. The summed E-state index contributed by atoms with van der Waals surface area (Å²) in [4.78, 5) is 9.73. The molecule has 0 N–H and O–H groups in total. The highest BCUT2D eigenvalue weighted by Crippen LogP contribution is 2.24. The van der Waals surface area contributed by atoms with Gasteiger partial charge in [-0.2, -0.15) is 0 Å². The van der Waals surface area contributed by atoms with E-state index in [1.807, 2.05) is 0 Å². The van der Waals surface area contributed by atoms with E-state index in [2.05, 4.69) is 0 Å². The maximum atomic E-state index is 10.1. The third-order valence-corrected chi connectivity index (χ3v) is 2.31. The smallest absolute Gasteiger partial charge is 0.208 e. The van der Waals surface area contributed by atoms with Gasteiger partial charge in [0.05, 0.1) is 0 Å². The molecule has 0 atom stereocenters. The molecule has 0 aliphatic rings. The summed E-state index contributed by atoms with van der Waals surface area (Å²) in [7, 11) is 0. The van der Waals surface area contributed by atoms with Gasteiger partial charge in [0.15, 0.2) is 0 Å². The Bertz CT molecular complexity index is 308. The Hall–Kier alpha value is -0.800. The molecule has 0 amide bonds. The predicted octanol–water partition coefficient (Wildman–Crippen LogP) is 2.81. The average Bonchev–Trinajstić information content (AvgIpc) is 2.03. The molecular weight excluding hydrogens is 213 g/mol. The van der Waals surface area contributed by atoms with Gasteiger partial charge in [-0.1, -0.05) is 29.3 Å². The maximum Gasteiger partial charge on any atom is 0.208 e. The van der Waals surface area contributed by atoms with E-state index in [1.165, 1.54) is 0 Å². The van der Waals surface area contributed by atoms with Crippen molar-refractivity contribution in [3.63, 3.8) is 0 Å². The Labute approximate surface area is 85.4 Å². The number of hydrogen-bond acceptors (Lipinski definition) is 2. The zero-order chi connectivity index (χ0) is 9.84. The van der Waals surface area contributed by atoms with Crippen molar-refractivity contribution in [2.45, 2.75) is 6.42 Å². The molecular formula is C8H7Cl2NO2. The molecule has 0 unspecified atom stereocenters. The molecule has 0 fully saturated rings. The fourth-order valence-corrected chi connectivity index (χ4v) is 1.56. The van der Waals surface area contributed by atoms with E-state index in [-0.39, 0.29) is 17.9 Å². The van der Waals surface area contributed by atoms with Crippen LogP contribution in [0.25, 0.3) is 0 Å². The average molecular weight is 220 g/mol. The largest absolute Gasteiger partial charge is 0.265 e. The molecule has 0 heterocycles. The summed E-state index contributed by atoms with van der Waals surface area (Å²) in [5, 5.41) is 11.1. The van der Waals surface area contributed by atoms with Crippen LogP contribution in [0.4, 0.5) is 0 Å². The van der Waals surface area contributed by atoms with Crippen LogP contribution in [-0.4, -0.2) is 11.5 Å². The number of nitrogens with zero attached hydrogens (tertiary/aromatic N) is 1. The van der Waals surface area contributed by atoms with Crippen molar-refractivity contribution >= 4 is 23.2 Å². The van der Waals surface area contributed by atoms with Gasteiger partial charge in [-0.25, -0.2) is 0 Å². The maximum absolute atomic E-state index is 10.1. The highest BCUT2D eigenvalue weighted by Gasteiger charge is 2.07. The molecule has 0 radical (unpaired) electrons. The molecule has 70 valence electrons. The van der Waals surface area contributed by atoms with E-state index in [4.69, 9.17) is 23.2 Å². The van der Waals surface area contributed by atoms with E-state index < -0.39 is 0 Å². The number of hydrogen-bond donors (Lipinski definition) is 0. The second-order valence-electron chi connectivity index (χ2n) is 2.51. The molecule has 3 nitrogen and oxygen atoms in total. The predicted molar refractivity (Wildman–Crippen MR) is 52.0 cm³/mol. The monoisotopic (exact) mass is 219 g/mol. The van der Waals surface area contributed by atoms with E-state index in [9.17, 15) is 10.1 Å². The molecule has 0 aliphatic carbocycles. The molecule has 0 bridgehead atoms. The minimum atomic E-state index is -0.389. The Morgan fingerprint density at radius 2 is 1.85 bits per heavy atom. The molecule has 0 aromatic heterocycles. The summed E-state index contributed by atoms with van der Waals surface area (Å²) >= 11 is 11.6. The lowest BCUT2D eigenvalue weighted by atomic mass is 10.1. The van der Waals surface area contributed by atoms with Crippen molar-refractivity contribution in [3.05, 3.63) is 43.9 Å². The van der Waals surface area contributed by atoms with Crippen molar-refractivity contribution in [1.82, 2.24) is 0 Å². The van der Waals surface area contributed by atoms with Crippen LogP contribution < -0.4 is 0 Å². The number of nitro groups is 1. The topological polar surface area (TPSA) is 43.1 Å². The van der Waals surface area contributed by atoms with Gasteiger partial charge >= 0.3 is 0 Å². The summed E-state index contributed by atoms with van der Waals surface area (Å²) < 4.78 is 0. The molecule has 0 saturated carbocycles. The van der Waals surface area contributed by atoms with Gasteiger partial charge < -0.3 is 0 Å². The van der Waals surface area contributed by atoms with Crippen molar-refractivity contribution in [3.8, 4) is 0 Å². The number of benzene rings is 1. The van der Waals surface area contributed by atoms with Crippen LogP contribution in [0.1, 0.15) is 5.56 Å². The zero-order valence-electron chi connectivity index (χ0n) is 6.67. The minimum Gasteiger partial charge on any atom is -0.265 e. The standard InChI is InChI=1S/C8H7Cl2NO2/c9-7-2-1-3-8(10)6(7)4-5-11(12)13/h1-3H,4-5H2. The van der Waals surface area contributed by atoms with Crippen LogP contribution in [-0.2, 0) is 6.42 Å². The second-order valence-corrected chi connectivity index (χ2v) is 3.32. The minimum absolute atomic E-state index is 0.149. The Balaban J connectivity index is 2.81. The van der Waals surface area contributed by atoms with Crippen LogP contribution in [0.15, 0.2) is 18.2 Å². The summed E-state index contributed by atoms with van der Waals surface area (Å²) in [6.07, 6.45) is 0.269. The first-order valence-electron chi connectivity index (χ1n) is 3.66. The summed E-state index contributed by atoms with van der Waals surface area (Å²) in [6.45, 7) is -0.149. The zero-order valence-corrected chi connectivity index (χ0v) is 8.18. The normalized spacial score (nSPS) is 10.0. The molecule has 1 aromatic rings. The van der Waals surface area contributed by atoms with Crippen LogP contribution in [0.5, 0.6) is 0 Å². The SMILES string of the molecule is O=[N+]([O-])CCc1c(Cl)cccc1Cl. The van der Waals surface area contributed by atoms with Gasteiger partial charge in [0.25, 0.3) is 0 Å². The highest BCUT2D eigenvalue weighted by atomic mass is 35.5. The van der Waals surface area contributed by atoms with Gasteiger partial charge in [-0.05, 0) is 17.7 Å². The lowest BCUT2D eigenvalue weighted by Crippen LogP contribution is -2.04. The molecule has 1 aromatic carbocycles. The van der Waals surface area contributed by atoms with E-state index >= 15 is 0 Å². The van der Waals surface area contributed by atoms with Gasteiger partial charge in [0.2, 0.25) is 6.54 Å². The van der Waals surface area contributed by atoms with Crippen LogP contribution in [0, 0.1) is 10.1 Å². The number of rotatable bonds is 3. The van der Waals surface area contributed by atoms with Gasteiger partial charge in [0, 0.05) is 21.4 Å². The third kappa shape index (κ3) is 2.86. The Kier molecular flexibility index (Phi) is 3.51. The first-order valence-corrected chi connectivity index (χ1v) is 4.41. The highest BCUT2D eigenvalue weighted by molar-refractivity contribution is 6.35. The molecule has 0 saturated heterocycles. The molecule has 1 rings (SSSR count). The summed E-state index contributed by atoms with van der Waals surface area (Å²) in [5.74, 6) is 0. The Morgan fingerprint density at radius 1 is 1.31 bits per heavy atom. The van der Waals surface area contributed by atoms with Crippen molar-refractivity contribution in [2.24, 2.45) is 0 Å². The number of halogens is 2. The van der Waals surface area contributed by atoms with E-state index in [0.717, 1.165) is 0 Å². The third-order valence-electron chi connectivity index (χ3n) is 1.61. The van der Waals surface area contributed by atoms with Crippen LogP contribution >= 0.6 is 23.2 Å². The van der Waals surface area contributed by atoms with E-state index in [0.29, 0.717) is 15.6 Å². The van der Waals surface area contributed by atoms with Crippen LogP contribution in [0.3, 0.4) is 0 Å². The Morgan fingerprint density at radius 3 is 2.31 bits per heavy atom. The fraction of sp³-hybridized carbons (Fsp3) is 0.250. The van der Waals surface area contributed by atoms with Crippen molar-refractivity contribution in [1.29, 1.82) is 0 Å². The van der Waals surface area contributed by atoms with Crippen molar-refractivity contribution < 1.29 is 4.92 Å².